The lowest BCUT2D eigenvalue weighted by atomic mass is 10.1. The predicted octanol–water partition coefficient (Wildman–Crippen LogP) is 3.71. The molecule has 5 heteroatoms. The molecule has 0 radical (unpaired) electrons. The molecule has 0 unspecified atom stereocenters. The van der Waals surface area contributed by atoms with Crippen LogP contribution in [0.2, 0.25) is 0 Å². The third kappa shape index (κ3) is 3.58. The number of carbonyl (C=O) groups is 1. The number of aromatic nitrogens is 2. The van der Waals surface area contributed by atoms with Gasteiger partial charge < -0.3 is 9.64 Å². The molecular formula is C21H23N3O2. The van der Waals surface area contributed by atoms with Gasteiger partial charge in [0.05, 0.1) is 35.1 Å². The van der Waals surface area contributed by atoms with Gasteiger partial charge >= 0.3 is 0 Å². The first-order valence-corrected chi connectivity index (χ1v) is 8.56. The monoisotopic (exact) mass is 349 g/mol. The molecule has 0 spiro atoms. The fourth-order valence-electron chi connectivity index (χ4n) is 3.07. The molecule has 0 aliphatic carbocycles. The molecule has 2 heterocycles. The van der Waals surface area contributed by atoms with Gasteiger partial charge in [-0.3, -0.25) is 14.8 Å². The summed E-state index contributed by atoms with van der Waals surface area (Å²) in [6.45, 7) is 4.27. The van der Waals surface area contributed by atoms with E-state index in [1.807, 2.05) is 56.3 Å². The minimum Gasteiger partial charge on any atom is -0.382 e. The highest BCUT2D eigenvalue weighted by molar-refractivity contribution is 5.98. The van der Waals surface area contributed by atoms with Crippen molar-refractivity contribution in [1.82, 2.24) is 14.9 Å². The zero-order valence-electron chi connectivity index (χ0n) is 15.6. The van der Waals surface area contributed by atoms with E-state index in [2.05, 4.69) is 9.97 Å². The molecule has 0 aliphatic heterocycles. The van der Waals surface area contributed by atoms with Gasteiger partial charge in [0.2, 0.25) is 0 Å². The Morgan fingerprint density at radius 3 is 2.69 bits per heavy atom. The Morgan fingerprint density at radius 2 is 2.00 bits per heavy atom. The molecule has 0 bridgehead atoms. The van der Waals surface area contributed by atoms with Crippen LogP contribution in [0.3, 0.4) is 0 Å². The van der Waals surface area contributed by atoms with Crippen LogP contribution in [0.25, 0.3) is 10.9 Å². The SMILES string of the molecule is COC[C@H](c1ccccn1)N(C)C(=O)c1cc2cc(C)ccc2nc1C. The van der Waals surface area contributed by atoms with Crippen molar-refractivity contribution in [2.24, 2.45) is 0 Å². The number of pyridine rings is 2. The first-order chi connectivity index (χ1) is 12.5. The van der Waals surface area contributed by atoms with Crippen molar-refractivity contribution in [1.29, 1.82) is 0 Å². The number of fused-ring (bicyclic) bond motifs is 1. The van der Waals surface area contributed by atoms with Crippen molar-refractivity contribution in [3.05, 3.63) is 71.2 Å². The summed E-state index contributed by atoms with van der Waals surface area (Å²) >= 11 is 0. The highest BCUT2D eigenvalue weighted by Crippen LogP contribution is 2.23. The van der Waals surface area contributed by atoms with Crippen LogP contribution in [0.15, 0.2) is 48.7 Å². The minimum absolute atomic E-state index is 0.0916. The summed E-state index contributed by atoms with van der Waals surface area (Å²) in [4.78, 5) is 23.9. The van der Waals surface area contributed by atoms with Gasteiger partial charge in [0.15, 0.2) is 0 Å². The Bertz CT molecular complexity index is 925. The first kappa shape index (κ1) is 18.0. The van der Waals surface area contributed by atoms with Gasteiger partial charge in [0, 0.05) is 25.7 Å². The second-order valence-electron chi connectivity index (χ2n) is 6.46. The molecule has 5 nitrogen and oxygen atoms in total. The fourth-order valence-corrected chi connectivity index (χ4v) is 3.07. The van der Waals surface area contributed by atoms with E-state index in [-0.39, 0.29) is 11.9 Å². The normalized spacial score (nSPS) is 12.2. The van der Waals surface area contributed by atoms with Gasteiger partial charge in [-0.1, -0.05) is 17.7 Å². The van der Waals surface area contributed by atoms with Crippen molar-refractivity contribution in [2.45, 2.75) is 19.9 Å². The van der Waals surface area contributed by atoms with Crippen molar-refractivity contribution in [3.8, 4) is 0 Å². The molecule has 0 saturated carbocycles. The quantitative estimate of drug-likeness (QED) is 0.705. The summed E-state index contributed by atoms with van der Waals surface area (Å²) < 4.78 is 5.33. The summed E-state index contributed by atoms with van der Waals surface area (Å²) in [5, 5.41) is 0.966. The molecule has 26 heavy (non-hydrogen) atoms. The van der Waals surface area contributed by atoms with E-state index in [0.29, 0.717) is 12.2 Å². The number of ether oxygens (including phenoxy) is 1. The number of amides is 1. The average molecular weight is 349 g/mol. The fraction of sp³-hybridized carbons (Fsp3) is 0.286. The number of nitrogens with zero attached hydrogens (tertiary/aromatic N) is 3. The van der Waals surface area contributed by atoms with Crippen molar-refractivity contribution in [2.75, 3.05) is 20.8 Å². The summed E-state index contributed by atoms with van der Waals surface area (Å²) in [5.74, 6) is -0.0916. The number of rotatable bonds is 5. The minimum atomic E-state index is -0.263. The van der Waals surface area contributed by atoms with Gasteiger partial charge in [-0.15, -0.1) is 0 Å². The van der Waals surface area contributed by atoms with Gasteiger partial charge in [0.25, 0.3) is 5.91 Å². The molecule has 1 amide bonds. The number of benzene rings is 1. The van der Waals surface area contributed by atoms with Crippen molar-refractivity contribution < 1.29 is 9.53 Å². The number of aryl methyl sites for hydroxylation is 2. The molecular weight excluding hydrogens is 326 g/mol. The second kappa shape index (κ2) is 7.62. The van der Waals surface area contributed by atoms with Crippen LogP contribution < -0.4 is 0 Å². The highest BCUT2D eigenvalue weighted by atomic mass is 16.5. The number of likely N-dealkylation sites (N-methyl/N-ethyl adjacent to an activating group) is 1. The maximum atomic E-state index is 13.2. The third-order valence-electron chi connectivity index (χ3n) is 4.53. The number of methoxy groups -OCH3 is 1. The number of hydrogen-bond acceptors (Lipinski definition) is 4. The van der Waals surface area contributed by atoms with Crippen LogP contribution in [0.5, 0.6) is 0 Å². The Hall–Kier alpha value is -2.79. The molecule has 2 aromatic heterocycles. The molecule has 3 aromatic rings. The standard InChI is InChI=1S/C21H23N3O2/c1-14-8-9-18-16(11-14)12-17(15(2)23-18)21(25)24(3)20(13-26-4)19-7-5-6-10-22-19/h5-12,20H,13H2,1-4H3/t20-/m1/s1. The van der Waals surface area contributed by atoms with Crippen LogP contribution in [0.4, 0.5) is 0 Å². The lowest BCUT2D eigenvalue weighted by Gasteiger charge is -2.27. The molecule has 0 fully saturated rings. The smallest absolute Gasteiger partial charge is 0.256 e. The Balaban J connectivity index is 1.98. The molecule has 0 N–H and O–H groups in total. The number of carbonyl (C=O) groups excluding carboxylic acids is 1. The summed E-state index contributed by atoms with van der Waals surface area (Å²) in [5.41, 5.74) is 4.15. The molecule has 3 rings (SSSR count). The third-order valence-corrected chi connectivity index (χ3v) is 4.53. The zero-order valence-corrected chi connectivity index (χ0v) is 15.6. The Morgan fingerprint density at radius 1 is 1.19 bits per heavy atom. The van der Waals surface area contributed by atoms with Crippen LogP contribution in [0, 0.1) is 13.8 Å². The zero-order chi connectivity index (χ0) is 18.7. The van der Waals surface area contributed by atoms with Crippen LogP contribution in [-0.4, -0.2) is 41.5 Å². The summed E-state index contributed by atoms with van der Waals surface area (Å²) in [6, 6.07) is 13.4. The van der Waals surface area contributed by atoms with E-state index < -0.39 is 0 Å². The lowest BCUT2D eigenvalue weighted by molar-refractivity contribution is 0.0594. The van der Waals surface area contributed by atoms with Crippen LogP contribution in [0.1, 0.15) is 33.4 Å². The van der Waals surface area contributed by atoms with Gasteiger partial charge in [-0.05, 0) is 44.2 Å². The Kier molecular flexibility index (Phi) is 5.28. The second-order valence-corrected chi connectivity index (χ2v) is 6.46. The highest BCUT2D eigenvalue weighted by Gasteiger charge is 2.25. The van der Waals surface area contributed by atoms with E-state index >= 15 is 0 Å². The van der Waals surface area contributed by atoms with Crippen molar-refractivity contribution >= 4 is 16.8 Å². The average Bonchev–Trinajstić information content (AvgIpc) is 2.65. The molecule has 134 valence electrons. The number of hydrogen-bond donors (Lipinski definition) is 0. The van der Waals surface area contributed by atoms with Gasteiger partial charge in [0.1, 0.15) is 0 Å². The maximum absolute atomic E-state index is 13.2. The largest absolute Gasteiger partial charge is 0.382 e. The Labute approximate surface area is 153 Å². The predicted molar refractivity (Wildman–Crippen MR) is 102 cm³/mol. The van der Waals surface area contributed by atoms with Gasteiger partial charge in [-0.25, -0.2) is 0 Å². The molecule has 0 aliphatic rings. The summed E-state index contributed by atoms with van der Waals surface area (Å²) in [7, 11) is 3.40. The first-order valence-electron chi connectivity index (χ1n) is 8.56. The van der Waals surface area contributed by atoms with E-state index in [0.717, 1.165) is 27.9 Å². The van der Waals surface area contributed by atoms with E-state index in [9.17, 15) is 4.79 Å². The topological polar surface area (TPSA) is 55.3 Å². The lowest BCUT2D eigenvalue weighted by Crippen LogP contribution is -2.34. The van der Waals surface area contributed by atoms with Crippen LogP contribution >= 0.6 is 0 Å². The van der Waals surface area contributed by atoms with E-state index in [1.54, 1.807) is 25.3 Å². The maximum Gasteiger partial charge on any atom is 0.256 e. The molecule has 1 atom stereocenters. The molecule has 0 saturated heterocycles. The van der Waals surface area contributed by atoms with Gasteiger partial charge in [-0.2, -0.15) is 0 Å². The van der Waals surface area contributed by atoms with E-state index in [1.165, 1.54) is 0 Å². The summed E-state index contributed by atoms with van der Waals surface area (Å²) in [6.07, 6.45) is 1.72. The molecule has 1 aromatic carbocycles. The van der Waals surface area contributed by atoms with E-state index in [4.69, 9.17) is 4.74 Å². The van der Waals surface area contributed by atoms with Crippen molar-refractivity contribution in [3.63, 3.8) is 0 Å². The van der Waals surface area contributed by atoms with Crippen LogP contribution in [-0.2, 0) is 4.74 Å².